The van der Waals surface area contributed by atoms with E-state index in [0.29, 0.717) is 5.69 Å². The molecule has 0 aliphatic carbocycles. The van der Waals surface area contributed by atoms with E-state index in [0.717, 1.165) is 13.8 Å². The lowest BCUT2D eigenvalue weighted by atomic mass is 10.3. The Hall–Kier alpha value is -1.21. The number of imide groups is 1. The van der Waals surface area contributed by atoms with Gasteiger partial charge >= 0.3 is 0 Å². The summed E-state index contributed by atoms with van der Waals surface area (Å²) in [4.78, 5) is 35.8. The number of hydrogen-bond acceptors (Lipinski definition) is 3. The summed E-state index contributed by atoms with van der Waals surface area (Å²) in [6.07, 6.45) is 0.589. The topological polar surface area (TPSA) is 66.5 Å². The van der Waals surface area contributed by atoms with Crippen molar-refractivity contribution in [2.75, 3.05) is 11.9 Å². The molecular weight excluding hydrogens is 392 g/mol. The summed E-state index contributed by atoms with van der Waals surface area (Å²) in [5.41, 5.74) is 0.642. The Morgan fingerprint density at radius 1 is 1.20 bits per heavy atom. The molecule has 0 spiro atoms. The average Bonchev–Trinajstić information content (AvgIpc) is 2.71. The van der Waals surface area contributed by atoms with Gasteiger partial charge in [-0.15, -0.1) is 0 Å². The zero-order valence-corrected chi connectivity index (χ0v) is 13.7. The van der Waals surface area contributed by atoms with E-state index in [1.807, 2.05) is 12.1 Å². The highest BCUT2D eigenvalue weighted by molar-refractivity contribution is 9.11. The molecule has 0 saturated carbocycles. The number of nitrogens with one attached hydrogen (secondary N) is 1. The van der Waals surface area contributed by atoms with E-state index in [-0.39, 0.29) is 43.5 Å². The highest BCUT2D eigenvalue weighted by Gasteiger charge is 2.28. The molecule has 2 rings (SSSR count). The number of amides is 3. The number of benzene rings is 1. The maximum atomic E-state index is 11.8. The zero-order chi connectivity index (χ0) is 14.7. The Balaban J connectivity index is 1.91. The third-order valence-electron chi connectivity index (χ3n) is 2.92. The molecule has 1 heterocycles. The molecule has 7 heteroatoms. The maximum absolute atomic E-state index is 11.8. The molecule has 3 amide bonds. The van der Waals surface area contributed by atoms with Crippen molar-refractivity contribution in [1.82, 2.24) is 4.90 Å². The van der Waals surface area contributed by atoms with Crippen LogP contribution in [0.4, 0.5) is 5.69 Å². The van der Waals surface area contributed by atoms with Crippen molar-refractivity contribution in [2.45, 2.75) is 19.3 Å². The maximum Gasteiger partial charge on any atom is 0.229 e. The van der Waals surface area contributed by atoms with Crippen molar-refractivity contribution in [3.63, 3.8) is 0 Å². The number of rotatable bonds is 4. The largest absolute Gasteiger partial charge is 0.325 e. The SMILES string of the molecule is O=C(CCN1C(=O)CCC1=O)Nc1cc(Br)ccc1Br. The second-order valence-electron chi connectivity index (χ2n) is 4.36. The van der Waals surface area contributed by atoms with Crippen LogP contribution in [0.15, 0.2) is 27.1 Å². The second kappa shape index (κ2) is 6.49. The second-order valence-corrected chi connectivity index (χ2v) is 6.13. The first kappa shape index (κ1) is 15.2. The van der Waals surface area contributed by atoms with Crippen LogP contribution in [0.2, 0.25) is 0 Å². The summed E-state index contributed by atoms with van der Waals surface area (Å²) in [7, 11) is 0. The van der Waals surface area contributed by atoms with Crippen LogP contribution < -0.4 is 5.32 Å². The minimum Gasteiger partial charge on any atom is -0.325 e. The summed E-state index contributed by atoms with van der Waals surface area (Å²) in [6.45, 7) is 0.134. The lowest BCUT2D eigenvalue weighted by Gasteiger charge is -2.13. The predicted molar refractivity (Wildman–Crippen MR) is 81.0 cm³/mol. The first-order valence-corrected chi connectivity index (χ1v) is 7.64. The highest BCUT2D eigenvalue weighted by Crippen LogP contribution is 2.26. The van der Waals surface area contributed by atoms with Gasteiger partial charge in [-0.25, -0.2) is 0 Å². The number of anilines is 1. The Kier molecular flexibility index (Phi) is 4.93. The molecule has 1 aliphatic heterocycles. The van der Waals surface area contributed by atoms with Gasteiger partial charge in [0.1, 0.15) is 0 Å². The van der Waals surface area contributed by atoms with Crippen LogP contribution >= 0.6 is 31.9 Å². The van der Waals surface area contributed by atoms with Crippen molar-refractivity contribution in [3.8, 4) is 0 Å². The van der Waals surface area contributed by atoms with Crippen LogP contribution in [-0.2, 0) is 14.4 Å². The lowest BCUT2D eigenvalue weighted by Crippen LogP contribution is -2.32. The standard InChI is InChI=1S/C13H12Br2N2O3/c14-8-1-2-9(15)10(7-8)16-11(18)5-6-17-12(19)3-4-13(17)20/h1-2,7H,3-6H2,(H,16,18). The first-order chi connectivity index (χ1) is 9.47. The number of halogens is 2. The summed E-state index contributed by atoms with van der Waals surface area (Å²) >= 11 is 6.67. The van der Waals surface area contributed by atoms with Crippen LogP contribution in [0.25, 0.3) is 0 Å². The van der Waals surface area contributed by atoms with Crippen molar-refractivity contribution in [1.29, 1.82) is 0 Å². The minimum absolute atomic E-state index is 0.0937. The van der Waals surface area contributed by atoms with Gasteiger partial charge in [-0.2, -0.15) is 0 Å². The number of nitrogens with zero attached hydrogens (tertiary/aromatic N) is 1. The number of hydrogen-bond donors (Lipinski definition) is 1. The Morgan fingerprint density at radius 3 is 2.50 bits per heavy atom. The van der Waals surface area contributed by atoms with E-state index < -0.39 is 0 Å². The summed E-state index contributed by atoms with van der Waals surface area (Å²) in [5, 5.41) is 2.74. The van der Waals surface area contributed by atoms with Gasteiger partial charge in [0, 0.05) is 34.8 Å². The van der Waals surface area contributed by atoms with E-state index in [2.05, 4.69) is 37.2 Å². The zero-order valence-electron chi connectivity index (χ0n) is 10.5. The molecule has 1 saturated heterocycles. The van der Waals surface area contributed by atoms with Gasteiger partial charge in [0.2, 0.25) is 17.7 Å². The summed E-state index contributed by atoms with van der Waals surface area (Å²) in [5.74, 6) is -0.644. The summed E-state index contributed by atoms with van der Waals surface area (Å²) < 4.78 is 1.61. The Bertz CT molecular complexity index is 559. The van der Waals surface area contributed by atoms with Gasteiger partial charge in [0.15, 0.2) is 0 Å². The molecule has 1 aromatic rings. The molecule has 0 atom stereocenters. The summed E-state index contributed by atoms with van der Waals surface area (Å²) in [6, 6.07) is 5.43. The van der Waals surface area contributed by atoms with Crippen molar-refractivity contribution < 1.29 is 14.4 Å². The Morgan fingerprint density at radius 2 is 1.85 bits per heavy atom. The molecule has 20 heavy (non-hydrogen) atoms. The van der Waals surface area contributed by atoms with Crippen LogP contribution in [0, 0.1) is 0 Å². The molecular formula is C13H12Br2N2O3. The van der Waals surface area contributed by atoms with Gasteiger partial charge in [-0.05, 0) is 34.1 Å². The van der Waals surface area contributed by atoms with E-state index in [1.54, 1.807) is 6.07 Å². The van der Waals surface area contributed by atoms with E-state index >= 15 is 0 Å². The number of carbonyl (C=O) groups is 3. The molecule has 0 unspecified atom stereocenters. The van der Waals surface area contributed by atoms with Gasteiger partial charge in [0.05, 0.1) is 5.69 Å². The predicted octanol–water partition coefficient (Wildman–Crippen LogP) is 2.69. The number of carbonyl (C=O) groups excluding carboxylic acids is 3. The van der Waals surface area contributed by atoms with Crippen molar-refractivity contribution in [3.05, 3.63) is 27.1 Å². The molecule has 1 N–H and O–H groups in total. The molecule has 0 radical (unpaired) electrons. The Labute approximate surface area is 133 Å². The molecule has 5 nitrogen and oxygen atoms in total. The first-order valence-electron chi connectivity index (χ1n) is 6.05. The van der Waals surface area contributed by atoms with E-state index in [4.69, 9.17) is 0 Å². The third kappa shape index (κ3) is 3.67. The van der Waals surface area contributed by atoms with Crippen LogP contribution in [0.3, 0.4) is 0 Å². The molecule has 0 bridgehead atoms. The van der Waals surface area contributed by atoms with E-state index in [9.17, 15) is 14.4 Å². The highest BCUT2D eigenvalue weighted by atomic mass is 79.9. The van der Waals surface area contributed by atoms with Crippen LogP contribution in [0.5, 0.6) is 0 Å². The molecule has 1 fully saturated rings. The minimum atomic E-state index is -0.240. The quantitative estimate of drug-likeness (QED) is 0.786. The van der Waals surface area contributed by atoms with Gasteiger partial charge in [-0.3, -0.25) is 19.3 Å². The average molecular weight is 404 g/mol. The van der Waals surface area contributed by atoms with Crippen LogP contribution in [-0.4, -0.2) is 29.2 Å². The fourth-order valence-electron chi connectivity index (χ4n) is 1.89. The number of likely N-dealkylation sites (tertiary alicyclic amines) is 1. The van der Waals surface area contributed by atoms with Crippen molar-refractivity contribution in [2.24, 2.45) is 0 Å². The van der Waals surface area contributed by atoms with Gasteiger partial charge in [0.25, 0.3) is 0 Å². The van der Waals surface area contributed by atoms with Gasteiger partial charge in [-0.1, -0.05) is 15.9 Å². The molecule has 0 aromatic heterocycles. The molecule has 1 aliphatic rings. The smallest absolute Gasteiger partial charge is 0.229 e. The third-order valence-corrected chi connectivity index (χ3v) is 4.10. The monoisotopic (exact) mass is 402 g/mol. The molecule has 1 aromatic carbocycles. The fourth-order valence-corrected chi connectivity index (χ4v) is 2.60. The fraction of sp³-hybridized carbons (Fsp3) is 0.308. The normalized spacial score (nSPS) is 14.8. The molecule has 106 valence electrons. The van der Waals surface area contributed by atoms with Crippen molar-refractivity contribution >= 4 is 55.3 Å². The van der Waals surface area contributed by atoms with E-state index in [1.165, 1.54) is 0 Å². The van der Waals surface area contributed by atoms with Crippen LogP contribution in [0.1, 0.15) is 19.3 Å². The lowest BCUT2D eigenvalue weighted by molar-refractivity contribution is -0.138. The van der Waals surface area contributed by atoms with Gasteiger partial charge < -0.3 is 5.32 Å².